The van der Waals surface area contributed by atoms with Crippen LogP contribution >= 0.6 is 0 Å². The number of ketones is 1. The maximum atomic E-state index is 12.6. The molecule has 4 heteroatoms. The van der Waals surface area contributed by atoms with E-state index in [-0.39, 0.29) is 17.7 Å². The summed E-state index contributed by atoms with van der Waals surface area (Å²) in [6, 6.07) is 10.1. The number of Topliss-reactive ketones (excluding diaryl/α,β-unsaturated/α-hetero) is 1. The number of fused-ring (bicyclic) bond motifs is 1. The summed E-state index contributed by atoms with van der Waals surface area (Å²) in [4.78, 5) is 27.8. The van der Waals surface area contributed by atoms with Crippen LogP contribution in [0.5, 0.6) is 0 Å². The zero-order valence-corrected chi connectivity index (χ0v) is 13.5. The van der Waals surface area contributed by atoms with Crippen molar-refractivity contribution >= 4 is 11.8 Å². The zero-order chi connectivity index (χ0) is 16.4. The Labute approximate surface area is 135 Å². The normalized spacial score (nSPS) is 17.0. The van der Waals surface area contributed by atoms with E-state index in [0.29, 0.717) is 24.3 Å². The van der Waals surface area contributed by atoms with Crippen LogP contribution in [-0.4, -0.2) is 23.3 Å². The van der Waals surface area contributed by atoms with Crippen LogP contribution in [0, 0.1) is 6.92 Å². The molecule has 1 atom stereocenters. The summed E-state index contributed by atoms with van der Waals surface area (Å²) in [6.45, 7) is 4.16. The molecule has 0 saturated heterocycles. The van der Waals surface area contributed by atoms with Gasteiger partial charge in [-0.15, -0.1) is 0 Å². The first kappa shape index (κ1) is 15.5. The number of aromatic amines is 1. The second-order valence-corrected chi connectivity index (χ2v) is 6.05. The Hall–Kier alpha value is -2.36. The first-order valence-electron chi connectivity index (χ1n) is 8.08. The topological polar surface area (TPSA) is 59.2 Å². The number of esters is 1. The zero-order valence-electron chi connectivity index (χ0n) is 13.5. The van der Waals surface area contributed by atoms with Crippen molar-refractivity contribution in [1.29, 1.82) is 0 Å². The fraction of sp³-hybridized carbons (Fsp3) is 0.368. The minimum absolute atomic E-state index is 0.100. The number of aromatic nitrogens is 1. The van der Waals surface area contributed by atoms with Gasteiger partial charge in [-0.25, -0.2) is 4.79 Å². The Bertz CT molecular complexity index is 731. The number of hydrogen-bond donors (Lipinski definition) is 1. The molecule has 0 bridgehead atoms. The van der Waals surface area contributed by atoms with Gasteiger partial charge in [0, 0.05) is 17.7 Å². The molecule has 0 spiro atoms. The van der Waals surface area contributed by atoms with Crippen molar-refractivity contribution in [2.45, 2.75) is 39.0 Å². The SMILES string of the molecule is CCCOC(=O)c1[nH]c2c(c1C)C(=O)C[C@H](c1ccccc1)C2. The Morgan fingerprint density at radius 1 is 1.26 bits per heavy atom. The van der Waals surface area contributed by atoms with Crippen LogP contribution < -0.4 is 0 Å². The Morgan fingerprint density at radius 3 is 2.70 bits per heavy atom. The van der Waals surface area contributed by atoms with Crippen LogP contribution in [0.4, 0.5) is 0 Å². The molecule has 4 nitrogen and oxygen atoms in total. The molecule has 1 aliphatic carbocycles. The minimum atomic E-state index is -0.372. The lowest BCUT2D eigenvalue weighted by Gasteiger charge is -2.22. The molecule has 0 radical (unpaired) electrons. The molecule has 1 aromatic heterocycles. The van der Waals surface area contributed by atoms with Gasteiger partial charge >= 0.3 is 5.97 Å². The van der Waals surface area contributed by atoms with Gasteiger partial charge in [-0.3, -0.25) is 4.79 Å². The fourth-order valence-corrected chi connectivity index (χ4v) is 3.27. The third-order valence-corrected chi connectivity index (χ3v) is 4.40. The maximum Gasteiger partial charge on any atom is 0.355 e. The second kappa shape index (κ2) is 6.41. The number of hydrogen-bond acceptors (Lipinski definition) is 3. The van der Waals surface area contributed by atoms with Crippen molar-refractivity contribution in [3.05, 3.63) is 58.4 Å². The molecule has 1 aliphatic rings. The van der Waals surface area contributed by atoms with E-state index < -0.39 is 0 Å². The average molecular weight is 311 g/mol. The maximum absolute atomic E-state index is 12.6. The number of carbonyl (C=O) groups excluding carboxylic acids is 2. The molecule has 0 saturated carbocycles. The summed E-state index contributed by atoms with van der Waals surface area (Å²) in [6.07, 6.45) is 2.01. The van der Waals surface area contributed by atoms with E-state index in [0.717, 1.165) is 29.7 Å². The smallest absolute Gasteiger partial charge is 0.355 e. The van der Waals surface area contributed by atoms with Gasteiger partial charge in [-0.1, -0.05) is 37.3 Å². The van der Waals surface area contributed by atoms with E-state index in [2.05, 4.69) is 17.1 Å². The molecular formula is C19H21NO3. The van der Waals surface area contributed by atoms with Crippen molar-refractivity contribution in [3.63, 3.8) is 0 Å². The van der Waals surface area contributed by atoms with E-state index in [1.165, 1.54) is 0 Å². The van der Waals surface area contributed by atoms with E-state index in [9.17, 15) is 9.59 Å². The van der Waals surface area contributed by atoms with E-state index in [1.807, 2.05) is 32.0 Å². The summed E-state index contributed by atoms with van der Waals surface area (Å²) < 4.78 is 5.20. The van der Waals surface area contributed by atoms with Crippen LogP contribution in [-0.2, 0) is 11.2 Å². The lowest BCUT2D eigenvalue weighted by atomic mass is 9.81. The van der Waals surface area contributed by atoms with Gasteiger partial charge in [0.15, 0.2) is 5.78 Å². The highest BCUT2D eigenvalue weighted by Crippen LogP contribution is 2.35. The standard InChI is InChI=1S/C19H21NO3/c1-3-9-23-19(22)18-12(2)17-15(20-18)10-14(11-16(17)21)13-7-5-4-6-8-13/h4-8,14,20H,3,9-11H2,1-2H3/t14-/m1/s1. The van der Waals surface area contributed by atoms with Crippen molar-refractivity contribution in [1.82, 2.24) is 4.98 Å². The van der Waals surface area contributed by atoms with Crippen LogP contribution in [0.1, 0.15) is 63.4 Å². The van der Waals surface area contributed by atoms with Gasteiger partial charge in [0.25, 0.3) is 0 Å². The Balaban J connectivity index is 1.90. The number of nitrogens with one attached hydrogen (secondary N) is 1. The Morgan fingerprint density at radius 2 is 2.00 bits per heavy atom. The molecule has 23 heavy (non-hydrogen) atoms. The second-order valence-electron chi connectivity index (χ2n) is 6.05. The predicted molar refractivity (Wildman–Crippen MR) is 87.9 cm³/mol. The van der Waals surface area contributed by atoms with Crippen LogP contribution in [0.25, 0.3) is 0 Å². The lowest BCUT2D eigenvalue weighted by Crippen LogP contribution is -2.18. The highest BCUT2D eigenvalue weighted by Gasteiger charge is 2.32. The largest absolute Gasteiger partial charge is 0.461 e. The highest BCUT2D eigenvalue weighted by atomic mass is 16.5. The fourth-order valence-electron chi connectivity index (χ4n) is 3.27. The van der Waals surface area contributed by atoms with E-state index in [1.54, 1.807) is 0 Å². The summed E-state index contributed by atoms with van der Waals surface area (Å²) in [7, 11) is 0. The molecule has 1 N–H and O–H groups in total. The minimum Gasteiger partial charge on any atom is -0.461 e. The van der Waals surface area contributed by atoms with Crippen LogP contribution in [0.2, 0.25) is 0 Å². The average Bonchev–Trinajstić information content (AvgIpc) is 2.91. The molecule has 0 aliphatic heterocycles. The van der Waals surface area contributed by atoms with Gasteiger partial charge < -0.3 is 9.72 Å². The molecule has 0 unspecified atom stereocenters. The third kappa shape index (κ3) is 2.93. The van der Waals surface area contributed by atoms with Gasteiger partial charge in [-0.05, 0) is 36.8 Å². The third-order valence-electron chi connectivity index (χ3n) is 4.40. The number of benzene rings is 1. The molecular weight excluding hydrogens is 290 g/mol. The number of ether oxygens (including phenoxy) is 1. The number of H-pyrrole nitrogens is 1. The molecule has 1 heterocycles. The lowest BCUT2D eigenvalue weighted by molar-refractivity contribution is 0.0498. The van der Waals surface area contributed by atoms with Gasteiger partial charge in [0.1, 0.15) is 5.69 Å². The molecule has 120 valence electrons. The highest BCUT2D eigenvalue weighted by molar-refractivity contribution is 6.03. The number of rotatable bonds is 4. The van der Waals surface area contributed by atoms with Crippen LogP contribution in [0.15, 0.2) is 30.3 Å². The molecule has 2 aromatic rings. The van der Waals surface area contributed by atoms with E-state index >= 15 is 0 Å². The van der Waals surface area contributed by atoms with Crippen molar-refractivity contribution in [2.24, 2.45) is 0 Å². The van der Waals surface area contributed by atoms with Crippen molar-refractivity contribution in [2.75, 3.05) is 6.61 Å². The number of carbonyl (C=O) groups is 2. The summed E-state index contributed by atoms with van der Waals surface area (Å²) in [5.41, 5.74) is 3.84. The summed E-state index contributed by atoms with van der Waals surface area (Å²) >= 11 is 0. The van der Waals surface area contributed by atoms with Crippen molar-refractivity contribution < 1.29 is 14.3 Å². The summed E-state index contributed by atoms with van der Waals surface area (Å²) in [5, 5.41) is 0. The molecule has 0 fully saturated rings. The van der Waals surface area contributed by atoms with Crippen LogP contribution in [0.3, 0.4) is 0 Å². The first-order valence-corrected chi connectivity index (χ1v) is 8.08. The monoisotopic (exact) mass is 311 g/mol. The van der Waals surface area contributed by atoms with Gasteiger partial charge in [0.05, 0.1) is 6.61 Å². The van der Waals surface area contributed by atoms with Gasteiger partial charge in [-0.2, -0.15) is 0 Å². The van der Waals surface area contributed by atoms with E-state index in [4.69, 9.17) is 4.74 Å². The Kier molecular flexibility index (Phi) is 4.33. The molecule has 0 amide bonds. The molecule has 1 aromatic carbocycles. The predicted octanol–water partition coefficient (Wildman–Crippen LogP) is 3.80. The quantitative estimate of drug-likeness (QED) is 0.874. The van der Waals surface area contributed by atoms with Gasteiger partial charge in [0.2, 0.25) is 0 Å². The summed E-state index contributed by atoms with van der Waals surface area (Å²) in [5.74, 6) is -0.111. The van der Waals surface area contributed by atoms with Crippen molar-refractivity contribution in [3.8, 4) is 0 Å². The first-order chi connectivity index (χ1) is 11.1. The molecule has 3 rings (SSSR count).